The van der Waals surface area contributed by atoms with Gasteiger partial charge < -0.3 is 30.0 Å². The third kappa shape index (κ3) is 46.1. The van der Waals surface area contributed by atoms with Gasteiger partial charge in [0.25, 0.3) is 0 Å². The summed E-state index contributed by atoms with van der Waals surface area (Å²) >= 11 is 0. The van der Waals surface area contributed by atoms with Crippen LogP contribution >= 0.6 is 0 Å². The number of hydrogen-bond donors (Lipinski definition) is 2. The Hall–Kier alpha value is -0.400. The van der Waals surface area contributed by atoms with E-state index in [-0.39, 0.29) is 62.8 Å². The fourth-order valence-electron chi connectivity index (χ4n) is 4.72. The van der Waals surface area contributed by atoms with Crippen LogP contribution in [0.1, 0.15) is 181 Å². The Morgan fingerprint density at radius 1 is 0.512 bits per heavy atom. The number of rotatable bonds is 30. The van der Waals surface area contributed by atoms with Gasteiger partial charge in [-0.2, -0.15) is 0 Å². The van der Waals surface area contributed by atoms with E-state index >= 15 is 0 Å². The molecule has 2 atom stereocenters. The number of carbonyl (C=O) groups is 2. The van der Waals surface area contributed by atoms with Crippen molar-refractivity contribution in [2.45, 2.75) is 193 Å². The van der Waals surface area contributed by atoms with E-state index in [0.29, 0.717) is 0 Å². The van der Waals surface area contributed by atoms with Crippen molar-refractivity contribution in [3.05, 3.63) is 24.3 Å². The van der Waals surface area contributed by atoms with Crippen LogP contribution in [0.25, 0.3) is 0 Å². The first-order chi connectivity index (χ1) is 20.3. The van der Waals surface area contributed by atoms with Gasteiger partial charge in [0, 0.05) is 11.9 Å². The molecule has 0 radical (unpaired) electrons. The van der Waals surface area contributed by atoms with Gasteiger partial charge in [-0.3, -0.25) is 0 Å². The van der Waals surface area contributed by atoms with E-state index in [0.717, 1.165) is 116 Å². The van der Waals surface area contributed by atoms with Gasteiger partial charge in [-0.15, -0.1) is 0 Å². The Morgan fingerprint density at radius 2 is 0.837 bits per heavy atom. The molecule has 0 unspecified atom stereocenters. The first-order valence-corrected chi connectivity index (χ1v) is 17.4. The predicted molar refractivity (Wildman–Crippen MR) is 177 cm³/mol. The zero-order valence-electron chi connectivity index (χ0n) is 28.1. The summed E-state index contributed by atoms with van der Waals surface area (Å²) in [7, 11) is 0. The van der Waals surface area contributed by atoms with Gasteiger partial charge in [-0.1, -0.05) is 128 Å². The molecule has 0 bridgehead atoms. The molecule has 0 aliphatic rings. The van der Waals surface area contributed by atoms with Crippen LogP contribution in [-0.4, -0.2) is 72.1 Å². The van der Waals surface area contributed by atoms with Crippen molar-refractivity contribution in [1.82, 2.24) is 0 Å². The Labute approximate surface area is 295 Å². The quantitative estimate of drug-likeness (QED) is 0.0494. The molecule has 0 aromatic carbocycles. The smallest absolute Gasteiger partial charge is 0.550 e. The molecule has 6 nitrogen and oxygen atoms in total. The fraction of sp³-hybridized carbons (Fsp3) is 0.833. The van der Waals surface area contributed by atoms with Gasteiger partial charge in [0.1, 0.15) is 0 Å². The second-order valence-corrected chi connectivity index (χ2v) is 11.8. The molecule has 0 spiro atoms. The maximum absolute atomic E-state index is 10.2. The molecule has 0 saturated heterocycles. The minimum absolute atomic E-state index is 0. The fourth-order valence-corrected chi connectivity index (χ4v) is 4.72. The van der Waals surface area contributed by atoms with E-state index in [4.69, 9.17) is 0 Å². The summed E-state index contributed by atoms with van der Waals surface area (Å²) in [6, 6.07) is 0. The number of aliphatic hydroxyl groups is 2. The zero-order chi connectivity index (χ0) is 31.5. The number of carbonyl (C=O) groups excluding carboxylic acids is 2. The van der Waals surface area contributed by atoms with Crippen LogP contribution in [0.3, 0.4) is 0 Å². The van der Waals surface area contributed by atoms with Crippen LogP contribution in [0, 0.1) is 0 Å². The second-order valence-electron chi connectivity index (χ2n) is 11.8. The summed E-state index contributed by atoms with van der Waals surface area (Å²) in [4.78, 5) is 20.4. The Morgan fingerprint density at radius 3 is 1.19 bits per heavy atom. The summed E-state index contributed by atoms with van der Waals surface area (Å²) in [6.07, 6.45) is 34.0. The van der Waals surface area contributed by atoms with E-state index in [1.165, 1.54) is 38.5 Å². The van der Waals surface area contributed by atoms with Gasteiger partial charge in [0.05, 0.1) is 12.2 Å². The van der Waals surface area contributed by atoms with Crippen LogP contribution in [0.5, 0.6) is 0 Å². The molecule has 0 saturated carbocycles. The molecule has 0 rings (SSSR count). The van der Waals surface area contributed by atoms with Gasteiger partial charge in [0.2, 0.25) is 0 Å². The predicted octanol–water partition coefficient (Wildman–Crippen LogP) is 7.11. The number of aliphatic carboxylic acids is 2. The summed E-state index contributed by atoms with van der Waals surface area (Å²) in [5.74, 6) is -1.88. The molecular weight excluding hydrogens is 568 g/mol. The Bertz CT molecular complexity index is 583. The van der Waals surface area contributed by atoms with E-state index in [1.54, 1.807) is 0 Å². The first kappa shape index (κ1) is 47.0. The van der Waals surface area contributed by atoms with E-state index in [2.05, 4.69) is 38.2 Å². The molecule has 248 valence electrons. The molecule has 0 fully saturated rings. The largest absolute Gasteiger partial charge is 2.00 e. The molecular formula is C36H66CaO6. The van der Waals surface area contributed by atoms with Crippen LogP contribution < -0.4 is 10.2 Å². The van der Waals surface area contributed by atoms with Gasteiger partial charge in [-0.05, 0) is 77.0 Å². The van der Waals surface area contributed by atoms with E-state index in [9.17, 15) is 30.0 Å². The molecule has 0 heterocycles. The standard InChI is InChI=1S/2C18H34O3.Ca/c2*1-2-3-4-11-14-17(19)15-12-9-7-5-6-8-10-13-16-18(20)21;/h2*9,12,17,19H,2-8,10-11,13-16H2,1H3,(H,20,21);/q;;+2/p-2/t2*17-;/m11./s1. The van der Waals surface area contributed by atoms with Gasteiger partial charge in [0.15, 0.2) is 0 Å². The maximum atomic E-state index is 10.2. The van der Waals surface area contributed by atoms with E-state index in [1.807, 2.05) is 0 Å². The molecule has 0 amide bonds. The number of aliphatic hydroxyl groups excluding tert-OH is 2. The number of carboxylic acid groups (broad SMARTS) is 2. The van der Waals surface area contributed by atoms with Crippen molar-refractivity contribution in [1.29, 1.82) is 0 Å². The third-order valence-electron chi connectivity index (χ3n) is 7.43. The van der Waals surface area contributed by atoms with Crippen LogP contribution in [-0.2, 0) is 9.59 Å². The average Bonchev–Trinajstić information content (AvgIpc) is 2.95. The normalized spacial score (nSPS) is 12.6. The molecule has 7 heteroatoms. The minimum Gasteiger partial charge on any atom is -0.550 e. The Balaban J connectivity index is -0.000000727. The number of allylic oxidation sites excluding steroid dienone is 2. The van der Waals surface area contributed by atoms with Gasteiger partial charge >= 0.3 is 37.7 Å². The Kier molecular flexibility index (Phi) is 43.3. The molecule has 43 heavy (non-hydrogen) atoms. The molecule has 2 N–H and O–H groups in total. The van der Waals surface area contributed by atoms with Crippen LogP contribution in [0.15, 0.2) is 24.3 Å². The van der Waals surface area contributed by atoms with E-state index < -0.39 is 11.9 Å². The summed E-state index contributed by atoms with van der Waals surface area (Å²) in [5.41, 5.74) is 0. The summed E-state index contributed by atoms with van der Waals surface area (Å²) < 4.78 is 0. The van der Waals surface area contributed by atoms with Crippen molar-refractivity contribution in [3.8, 4) is 0 Å². The summed E-state index contributed by atoms with van der Waals surface area (Å²) in [5, 5.41) is 40.0. The van der Waals surface area contributed by atoms with Crippen LogP contribution in [0.4, 0.5) is 0 Å². The molecule has 0 aliphatic heterocycles. The maximum Gasteiger partial charge on any atom is 2.00 e. The molecule has 0 aromatic heterocycles. The van der Waals surface area contributed by atoms with Gasteiger partial charge in [-0.25, -0.2) is 0 Å². The van der Waals surface area contributed by atoms with Crippen molar-refractivity contribution < 1.29 is 30.0 Å². The van der Waals surface area contributed by atoms with Crippen molar-refractivity contribution in [3.63, 3.8) is 0 Å². The molecule has 0 aliphatic carbocycles. The molecule has 0 aromatic rings. The monoisotopic (exact) mass is 634 g/mol. The van der Waals surface area contributed by atoms with Crippen molar-refractivity contribution >= 4 is 49.7 Å². The topological polar surface area (TPSA) is 121 Å². The number of hydrogen-bond acceptors (Lipinski definition) is 6. The third-order valence-corrected chi connectivity index (χ3v) is 7.43. The van der Waals surface area contributed by atoms with Crippen LogP contribution in [0.2, 0.25) is 0 Å². The minimum atomic E-state index is -0.939. The first-order valence-electron chi connectivity index (χ1n) is 17.4. The second kappa shape index (κ2) is 39.6. The summed E-state index contributed by atoms with van der Waals surface area (Å²) in [6.45, 7) is 4.39. The van der Waals surface area contributed by atoms with Crippen molar-refractivity contribution in [2.75, 3.05) is 0 Å². The van der Waals surface area contributed by atoms with Crippen molar-refractivity contribution in [2.24, 2.45) is 0 Å². The number of unbranched alkanes of at least 4 members (excludes halogenated alkanes) is 16. The SMILES string of the molecule is CCCCCC[C@@H](O)CC=CCCCCCCCC(=O)[O-].CCCCCC[C@@H](O)CC=CCCCCCCCC(=O)[O-].[Ca+2]. The number of carboxylic acids is 2. The average molecular weight is 635 g/mol. The zero-order valence-corrected chi connectivity index (χ0v) is 30.3.